The van der Waals surface area contributed by atoms with Gasteiger partial charge in [-0.3, -0.25) is 0 Å². The van der Waals surface area contributed by atoms with E-state index in [0.29, 0.717) is 24.6 Å². The molecule has 0 aliphatic heterocycles. The van der Waals surface area contributed by atoms with Crippen molar-refractivity contribution in [3.05, 3.63) is 45.4 Å². The summed E-state index contributed by atoms with van der Waals surface area (Å²) >= 11 is 1.66. The molecule has 2 aromatic rings. The number of rotatable bonds is 7. The Bertz CT molecular complexity index is 761. The van der Waals surface area contributed by atoms with E-state index in [2.05, 4.69) is 25.3 Å². The van der Waals surface area contributed by atoms with Crippen LogP contribution in [0.3, 0.4) is 0 Å². The number of ether oxygens (including phenoxy) is 1. The highest BCUT2D eigenvalue weighted by Gasteiger charge is 2.31. The number of nitrogens with one attached hydrogen (secondary N) is 2. The number of aromatic nitrogens is 1. The first kappa shape index (κ1) is 24.5. The first-order valence-electron chi connectivity index (χ1n) is 8.57. The van der Waals surface area contributed by atoms with Crippen LogP contribution in [0.2, 0.25) is 0 Å². The third kappa shape index (κ3) is 8.21. The predicted octanol–water partition coefficient (Wildman–Crippen LogP) is 4.57. The molecule has 10 heteroatoms. The Morgan fingerprint density at radius 1 is 1.21 bits per heavy atom. The van der Waals surface area contributed by atoms with E-state index in [9.17, 15) is 13.2 Å². The maximum Gasteiger partial charge on any atom is 0.573 e. The Kier molecular flexibility index (Phi) is 10.0. The first-order valence-corrected chi connectivity index (χ1v) is 9.39. The Labute approximate surface area is 183 Å². The van der Waals surface area contributed by atoms with E-state index in [1.54, 1.807) is 23.5 Å². The van der Waals surface area contributed by atoms with E-state index < -0.39 is 6.36 Å². The summed E-state index contributed by atoms with van der Waals surface area (Å²) in [6.45, 7) is 7.27. The number of nitrogens with zero attached hydrogens (tertiary/aromatic N) is 2. The van der Waals surface area contributed by atoms with Crippen LogP contribution < -0.4 is 15.4 Å². The second-order valence-electron chi connectivity index (χ2n) is 5.78. The minimum absolute atomic E-state index is 0. The molecule has 2 rings (SSSR count). The van der Waals surface area contributed by atoms with Crippen LogP contribution in [0.15, 0.2) is 29.3 Å². The van der Waals surface area contributed by atoms with Gasteiger partial charge in [-0.25, -0.2) is 9.98 Å². The highest BCUT2D eigenvalue weighted by molar-refractivity contribution is 14.0. The summed E-state index contributed by atoms with van der Waals surface area (Å²) in [5.74, 6) is 0.294. The van der Waals surface area contributed by atoms with Gasteiger partial charge in [-0.15, -0.1) is 48.5 Å². The lowest BCUT2D eigenvalue weighted by Crippen LogP contribution is -2.38. The molecule has 1 aromatic heterocycles. The van der Waals surface area contributed by atoms with E-state index in [0.717, 1.165) is 17.1 Å². The lowest BCUT2D eigenvalue weighted by molar-refractivity contribution is -0.274. The van der Waals surface area contributed by atoms with E-state index in [1.807, 2.05) is 20.8 Å². The van der Waals surface area contributed by atoms with Gasteiger partial charge < -0.3 is 15.4 Å². The van der Waals surface area contributed by atoms with Gasteiger partial charge in [-0.05, 0) is 26.8 Å². The number of halogens is 4. The summed E-state index contributed by atoms with van der Waals surface area (Å²) in [6.07, 6.45) is -3.98. The van der Waals surface area contributed by atoms with Crippen molar-refractivity contribution < 1.29 is 17.9 Å². The molecule has 5 nitrogen and oxygen atoms in total. The molecule has 1 aromatic carbocycles. The minimum Gasteiger partial charge on any atom is -0.405 e. The summed E-state index contributed by atoms with van der Waals surface area (Å²) in [6, 6.07) is 6.00. The van der Waals surface area contributed by atoms with Crippen LogP contribution in [-0.2, 0) is 13.0 Å². The minimum atomic E-state index is -4.73. The first-order chi connectivity index (χ1) is 12.8. The van der Waals surface area contributed by atoms with Crippen molar-refractivity contribution in [2.45, 2.75) is 40.1 Å². The van der Waals surface area contributed by atoms with Crippen molar-refractivity contribution in [3.8, 4) is 5.75 Å². The van der Waals surface area contributed by atoms with Crippen molar-refractivity contribution in [2.75, 3.05) is 13.1 Å². The number of hydrogen-bond acceptors (Lipinski definition) is 4. The number of aliphatic imine (C=N–C) groups is 1. The summed E-state index contributed by atoms with van der Waals surface area (Å²) in [5, 5.41) is 7.30. The van der Waals surface area contributed by atoms with Crippen molar-refractivity contribution in [2.24, 2.45) is 4.99 Å². The number of hydrogen-bond donors (Lipinski definition) is 2. The van der Waals surface area contributed by atoms with E-state index >= 15 is 0 Å². The van der Waals surface area contributed by atoms with Crippen molar-refractivity contribution >= 4 is 41.3 Å². The van der Waals surface area contributed by atoms with Gasteiger partial charge in [0.05, 0.1) is 17.2 Å². The predicted molar refractivity (Wildman–Crippen MR) is 117 cm³/mol. The lowest BCUT2D eigenvalue weighted by Gasteiger charge is -2.13. The third-order valence-electron chi connectivity index (χ3n) is 3.65. The number of para-hydroxylation sites is 1. The van der Waals surface area contributed by atoms with Gasteiger partial charge in [0.25, 0.3) is 0 Å². The molecule has 0 radical (unpaired) electrons. The van der Waals surface area contributed by atoms with Gasteiger partial charge in [0.15, 0.2) is 5.96 Å². The quantitative estimate of drug-likeness (QED) is 0.314. The maximum absolute atomic E-state index is 12.5. The number of aryl methyl sites for hydroxylation is 2. The Balaban J connectivity index is 0.00000392. The molecule has 0 atom stereocenters. The normalized spacial score (nSPS) is 11.7. The zero-order chi connectivity index (χ0) is 19.9. The van der Waals surface area contributed by atoms with Crippen LogP contribution in [-0.4, -0.2) is 30.4 Å². The summed E-state index contributed by atoms with van der Waals surface area (Å²) < 4.78 is 41.6. The average molecular weight is 528 g/mol. The number of benzene rings is 1. The van der Waals surface area contributed by atoms with Crippen LogP contribution in [0.1, 0.15) is 28.1 Å². The Morgan fingerprint density at radius 2 is 1.93 bits per heavy atom. The monoisotopic (exact) mass is 528 g/mol. The second-order valence-corrected chi connectivity index (χ2v) is 7.06. The molecular formula is C18H24F3IN4OS. The van der Waals surface area contributed by atoms with Crippen molar-refractivity contribution in [1.82, 2.24) is 15.6 Å². The van der Waals surface area contributed by atoms with Gasteiger partial charge in [-0.2, -0.15) is 0 Å². The van der Waals surface area contributed by atoms with E-state index in [1.165, 1.54) is 17.0 Å². The van der Waals surface area contributed by atoms with Crippen molar-refractivity contribution in [1.29, 1.82) is 0 Å². The molecule has 0 saturated carbocycles. The number of thiazole rings is 1. The number of guanidine groups is 1. The fourth-order valence-corrected chi connectivity index (χ4v) is 3.23. The molecule has 0 saturated heterocycles. The maximum atomic E-state index is 12.5. The van der Waals surface area contributed by atoms with Crippen molar-refractivity contribution in [3.63, 3.8) is 0 Å². The van der Waals surface area contributed by atoms with E-state index in [-0.39, 0.29) is 36.3 Å². The van der Waals surface area contributed by atoms with Crippen LogP contribution >= 0.6 is 35.3 Å². The summed E-state index contributed by atoms with van der Waals surface area (Å²) in [5.41, 5.74) is 1.40. The highest BCUT2D eigenvalue weighted by Crippen LogP contribution is 2.26. The molecule has 0 bridgehead atoms. The molecule has 0 spiro atoms. The highest BCUT2D eigenvalue weighted by atomic mass is 127. The average Bonchev–Trinajstić information content (AvgIpc) is 2.90. The van der Waals surface area contributed by atoms with Crippen LogP contribution in [0.4, 0.5) is 13.2 Å². The molecule has 0 fully saturated rings. The fourth-order valence-electron chi connectivity index (χ4n) is 2.30. The molecule has 2 N–H and O–H groups in total. The zero-order valence-electron chi connectivity index (χ0n) is 15.9. The fraction of sp³-hybridized carbons (Fsp3) is 0.444. The van der Waals surface area contributed by atoms with Crippen LogP contribution in [0.5, 0.6) is 5.75 Å². The molecule has 28 heavy (non-hydrogen) atoms. The second kappa shape index (κ2) is 11.4. The topological polar surface area (TPSA) is 58.5 Å². The van der Waals surface area contributed by atoms with Crippen LogP contribution in [0, 0.1) is 13.8 Å². The Hall–Kier alpha value is -1.56. The summed E-state index contributed by atoms with van der Waals surface area (Å²) in [4.78, 5) is 10.0. The molecule has 1 heterocycles. The molecule has 156 valence electrons. The number of alkyl halides is 3. The zero-order valence-corrected chi connectivity index (χ0v) is 19.0. The third-order valence-corrected chi connectivity index (χ3v) is 4.79. The van der Waals surface area contributed by atoms with Gasteiger partial charge in [0, 0.05) is 30.0 Å². The van der Waals surface area contributed by atoms with E-state index in [4.69, 9.17) is 0 Å². The van der Waals surface area contributed by atoms with Gasteiger partial charge in [0.1, 0.15) is 5.75 Å². The van der Waals surface area contributed by atoms with Gasteiger partial charge >= 0.3 is 6.36 Å². The largest absolute Gasteiger partial charge is 0.573 e. The van der Waals surface area contributed by atoms with Gasteiger partial charge in [-0.1, -0.05) is 18.2 Å². The SMILES string of the molecule is CCNC(=NCc1ccccc1OC(F)(F)F)NCCc1nc(C)c(C)s1.I. The smallest absolute Gasteiger partial charge is 0.405 e. The lowest BCUT2D eigenvalue weighted by atomic mass is 10.2. The van der Waals surface area contributed by atoms with Crippen LogP contribution in [0.25, 0.3) is 0 Å². The molecule has 0 amide bonds. The molecular weight excluding hydrogens is 504 g/mol. The molecule has 0 aliphatic rings. The standard InChI is InChI=1S/C18H23F3N4OS.HI/c1-4-22-17(23-10-9-16-25-12(2)13(3)27-16)24-11-14-7-5-6-8-15(14)26-18(19,20)21;/h5-8H,4,9-11H2,1-3H3,(H2,22,23,24);1H. The van der Waals surface area contributed by atoms with Gasteiger partial charge in [0.2, 0.25) is 0 Å². The summed E-state index contributed by atoms with van der Waals surface area (Å²) in [7, 11) is 0. The Morgan fingerprint density at radius 3 is 2.54 bits per heavy atom. The molecule has 0 aliphatic carbocycles. The molecule has 0 unspecified atom stereocenters.